The molecule has 1 saturated heterocycles. The van der Waals surface area contributed by atoms with E-state index in [0.717, 1.165) is 18.8 Å². The standard InChI is InChI=1S/C23H25N5O2/c1-17(29)24-22-16-21(26-28(22)20-8-4-2-5-9-20)23(30)25-18-10-12-19(13-11-18)27-14-6-3-7-15-27/h2,4-5,8-13,16H,3,6-7,14-15H2,1H3,(H,24,29)(H,25,30). The van der Waals surface area contributed by atoms with E-state index in [1.165, 1.54) is 31.9 Å². The van der Waals surface area contributed by atoms with Crippen LogP contribution >= 0.6 is 0 Å². The van der Waals surface area contributed by atoms with Crippen molar-refractivity contribution < 1.29 is 9.59 Å². The predicted molar refractivity (Wildman–Crippen MR) is 118 cm³/mol. The van der Waals surface area contributed by atoms with Crippen molar-refractivity contribution in [3.63, 3.8) is 0 Å². The van der Waals surface area contributed by atoms with Gasteiger partial charge >= 0.3 is 0 Å². The molecule has 3 aromatic rings. The van der Waals surface area contributed by atoms with Gasteiger partial charge in [0.2, 0.25) is 5.91 Å². The normalized spacial score (nSPS) is 13.7. The second kappa shape index (κ2) is 8.82. The SMILES string of the molecule is CC(=O)Nc1cc(C(=O)Nc2ccc(N3CCCCC3)cc2)nn1-c1ccccc1. The van der Waals surface area contributed by atoms with Crippen LogP contribution in [0.4, 0.5) is 17.2 Å². The van der Waals surface area contributed by atoms with Gasteiger partial charge in [-0.3, -0.25) is 9.59 Å². The molecule has 4 rings (SSSR count). The molecule has 0 aliphatic carbocycles. The molecule has 0 bridgehead atoms. The minimum absolute atomic E-state index is 0.225. The minimum Gasteiger partial charge on any atom is -0.372 e. The number of benzene rings is 2. The molecule has 30 heavy (non-hydrogen) atoms. The highest BCUT2D eigenvalue weighted by atomic mass is 16.2. The van der Waals surface area contributed by atoms with E-state index in [9.17, 15) is 9.59 Å². The van der Waals surface area contributed by atoms with Crippen molar-refractivity contribution in [2.45, 2.75) is 26.2 Å². The quantitative estimate of drug-likeness (QED) is 0.673. The van der Waals surface area contributed by atoms with Gasteiger partial charge in [0, 0.05) is 37.5 Å². The largest absolute Gasteiger partial charge is 0.372 e. The Bertz CT molecular complexity index is 1020. The molecule has 1 aliphatic rings. The summed E-state index contributed by atoms with van der Waals surface area (Å²) in [5, 5.41) is 10.0. The van der Waals surface area contributed by atoms with Crippen molar-refractivity contribution in [2.24, 2.45) is 0 Å². The summed E-state index contributed by atoms with van der Waals surface area (Å²) in [6.45, 7) is 3.58. The summed E-state index contributed by atoms with van der Waals surface area (Å²) in [6, 6.07) is 18.8. The highest BCUT2D eigenvalue weighted by Gasteiger charge is 2.17. The third kappa shape index (κ3) is 4.51. The second-order valence-corrected chi connectivity index (χ2v) is 7.39. The first-order chi connectivity index (χ1) is 14.6. The van der Waals surface area contributed by atoms with Crippen molar-refractivity contribution in [1.29, 1.82) is 0 Å². The third-order valence-electron chi connectivity index (χ3n) is 5.09. The molecule has 7 heteroatoms. The summed E-state index contributed by atoms with van der Waals surface area (Å²) in [6.07, 6.45) is 3.74. The Morgan fingerprint density at radius 3 is 2.23 bits per heavy atom. The number of hydrogen-bond donors (Lipinski definition) is 2. The number of aromatic nitrogens is 2. The van der Waals surface area contributed by atoms with Crippen LogP contribution in [0.25, 0.3) is 5.69 Å². The number of rotatable bonds is 5. The smallest absolute Gasteiger partial charge is 0.276 e. The molecule has 0 spiro atoms. The zero-order chi connectivity index (χ0) is 20.9. The number of nitrogens with zero attached hydrogens (tertiary/aromatic N) is 3. The minimum atomic E-state index is -0.331. The lowest BCUT2D eigenvalue weighted by atomic mass is 10.1. The van der Waals surface area contributed by atoms with E-state index in [1.807, 2.05) is 54.6 Å². The van der Waals surface area contributed by atoms with Gasteiger partial charge in [-0.15, -0.1) is 0 Å². The molecule has 2 aromatic carbocycles. The summed E-state index contributed by atoms with van der Waals surface area (Å²) >= 11 is 0. The van der Waals surface area contributed by atoms with E-state index >= 15 is 0 Å². The average molecular weight is 403 g/mol. The Balaban J connectivity index is 1.51. The molecule has 0 saturated carbocycles. The first kappa shape index (κ1) is 19.7. The number of carbonyl (C=O) groups is 2. The fourth-order valence-corrected chi connectivity index (χ4v) is 3.63. The summed E-state index contributed by atoms with van der Waals surface area (Å²) in [5.74, 6) is -0.117. The summed E-state index contributed by atoms with van der Waals surface area (Å²) in [4.78, 5) is 26.7. The van der Waals surface area contributed by atoms with Crippen molar-refractivity contribution in [3.05, 3.63) is 66.4 Å². The van der Waals surface area contributed by atoms with Crippen LogP contribution in [0, 0.1) is 0 Å². The Morgan fingerprint density at radius 1 is 0.867 bits per heavy atom. The maximum absolute atomic E-state index is 12.8. The van der Waals surface area contributed by atoms with Crippen molar-refractivity contribution in [1.82, 2.24) is 9.78 Å². The Kier molecular flexibility index (Phi) is 5.79. The van der Waals surface area contributed by atoms with E-state index in [0.29, 0.717) is 11.5 Å². The summed E-state index contributed by atoms with van der Waals surface area (Å²) in [5.41, 5.74) is 2.86. The molecule has 1 aliphatic heterocycles. The number of para-hydroxylation sites is 1. The third-order valence-corrected chi connectivity index (χ3v) is 5.09. The highest BCUT2D eigenvalue weighted by Crippen LogP contribution is 2.23. The monoisotopic (exact) mass is 403 g/mol. The number of piperidine rings is 1. The molecule has 2 N–H and O–H groups in total. The lowest BCUT2D eigenvalue weighted by molar-refractivity contribution is -0.114. The maximum atomic E-state index is 12.8. The topological polar surface area (TPSA) is 79.3 Å². The zero-order valence-electron chi connectivity index (χ0n) is 17.0. The maximum Gasteiger partial charge on any atom is 0.276 e. The number of hydrogen-bond acceptors (Lipinski definition) is 4. The molecule has 2 heterocycles. The molecule has 7 nitrogen and oxygen atoms in total. The van der Waals surface area contributed by atoms with E-state index < -0.39 is 0 Å². The fourth-order valence-electron chi connectivity index (χ4n) is 3.63. The lowest BCUT2D eigenvalue weighted by Gasteiger charge is -2.28. The van der Waals surface area contributed by atoms with Crippen LogP contribution in [0.2, 0.25) is 0 Å². The summed E-state index contributed by atoms with van der Waals surface area (Å²) < 4.78 is 1.55. The van der Waals surface area contributed by atoms with Crippen molar-refractivity contribution in [3.8, 4) is 5.69 Å². The molecule has 2 amide bonds. The van der Waals surface area contributed by atoms with E-state index in [4.69, 9.17) is 0 Å². The van der Waals surface area contributed by atoms with Gasteiger partial charge in [0.15, 0.2) is 5.69 Å². The molecule has 1 fully saturated rings. The van der Waals surface area contributed by atoms with Gasteiger partial charge in [0.25, 0.3) is 5.91 Å². The van der Waals surface area contributed by atoms with Crippen LogP contribution in [-0.2, 0) is 4.79 Å². The van der Waals surface area contributed by atoms with Crippen LogP contribution in [0.1, 0.15) is 36.7 Å². The molecule has 0 atom stereocenters. The van der Waals surface area contributed by atoms with Crippen molar-refractivity contribution in [2.75, 3.05) is 28.6 Å². The van der Waals surface area contributed by atoms with Crippen LogP contribution < -0.4 is 15.5 Å². The summed E-state index contributed by atoms with van der Waals surface area (Å²) in [7, 11) is 0. The van der Waals surface area contributed by atoms with E-state index in [-0.39, 0.29) is 17.5 Å². The van der Waals surface area contributed by atoms with Crippen LogP contribution in [0.15, 0.2) is 60.7 Å². The van der Waals surface area contributed by atoms with Gasteiger partial charge in [0.05, 0.1) is 5.69 Å². The molecule has 1 aromatic heterocycles. The molecule has 0 unspecified atom stereocenters. The van der Waals surface area contributed by atoms with Gasteiger partial charge in [-0.05, 0) is 55.7 Å². The van der Waals surface area contributed by atoms with Crippen LogP contribution in [0.3, 0.4) is 0 Å². The Morgan fingerprint density at radius 2 is 1.57 bits per heavy atom. The van der Waals surface area contributed by atoms with Gasteiger partial charge < -0.3 is 15.5 Å². The zero-order valence-corrected chi connectivity index (χ0v) is 17.0. The Hall–Kier alpha value is -3.61. The first-order valence-corrected chi connectivity index (χ1v) is 10.2. The Labute approximate surface area is 175 Å². The van der Waals surface area contributed by atoms with E-state index in [2.05, 4.69) is 20.6 Å². The van der Waals surface area contributed by atoms with Gasteiger partial charge in [-0.25, -0.2) is 4.68 Å². The number of amides is 2. The number of carbonyl (C=O) groups excluding carboxylic acids is 2. The van der Waals surface area contributed by atoms with Gasteiger partial charge in [-0.2, -0.15) is 5.10 Å². The number of anilines is 3. The number of nitrogens with one attached hydrogen (secondary N) is 2. The first-order valence-electron chi connectivity index (χ1n) is 10.2. The molecule has 0 radical (unpaired) electrons. The average Bonchev–Trinajstić information content (AvgIpc) is 3.19. The van der Waals surface area contributed by atoms with Crippen LogP contribution in [-0.4, -0.2) is 34.7 Å². The second-order valence-electron chi connectivity index (χ2n) is 7.39. The highest BCUT2D eigenvalue weighted by molar-refractivity contribution is 6.04. The van der Waals surface area contributed by atoms with Gasteiger partial charge in [0.1, 0.15) is 5.82 Å². The molecular weight excluding hydrogens is 378 g/mol. The lowest BCUT2D eigenvalue weighted by Crippen LogP contribution is -2.29. The molecular formula is C23H25N5O2. The van der Waals surface area contributed by atoms with Gasteiger partial charge in [-0.1, -0.05) is 18.2 Å². The van der Waals surface area contributed by atoms with Crippen LogP contribution in [0.5, 0.6) is 0 Å². The van der Waals surface area contributed by atoms with E-state index in [1.54, 1.807) is 10.7 Å². The van der Waals surface area contributed by atoms with Crippen molar-refractivity contribution >= 4 is 29.0 Å². The predicted octanol–water partition coefficient (Wildman–Crippen LogP) is 4.07. The fraction of sp³-hybridized carbons (Fsp3) is 0.261. The molecule has 154 valence electrons.